The van der Waals surface area contributed by atoms with Gasteiger partial charge in [-0.2, -0.15) is 18.2 Å². The molecule has 1 aromatic carbocycles. The van der Waals surface area contributed by atoms with Crippen LogP contribution in [0.5, 0.6) is 11.6 Å². The first-order valence-electron chi connectivity index (χ1n) is 10.6. The van der Waals surface area contributed by atoms with Crippen LogP contribution in [0.1, 0.15) is 26.3 Å². The van der Waals surface area contributed by atoms with Crippen LogP contribution in [0.4, 0.5) is 23.8 Å². The molecule has 1 saturated heterocycles. The minimum absolute atomic E-state index is 0.0472. The molecular formula is C23H27F3IN3O4. The van der Waals surface area contributed by atoms with Crippen molar-refractivity contribution in [1.82, 2.24) is 9.88 Å². The number of methoxy groups -OCH3 is 1. The van der Waals surface area contributed by atoms with E-state index in [9.17, 15) is 18.0 Å². The van der Waals surface area contributed by atoms with Crippen molar-refractivity contribution in [1.29, 1.82) is 0 Å². The van der Waals surface area contributed by atoms with Crippen molar-refractivity contribution in [2.75, 3.05) is 31.6 Å². The number of piperazine rings is 1. The number of halogens is 4. The van der Waals surface area contributed by atoms with Gasteiger partial charge < -0.3 is 24.0 Å². The summed E-state index contributed by atoms with van der Waals surface area (Å²) in [5.74, 6) is 1.07. The summed E-state index contributed by atoms with van der Waals surface area (Å²) in [6, 6.07) is 8.57. The maximum Gasteiger partial charge on any atom is 0.410 e. The molecular weight excluding hydrogens is 566 g/mol. The van der Waals surface area contributed by atoms with Crippen LogP contribution < -0.4 is 14.4 Å². The number of benzene rings is 1. The van der Waals surface area contributed by atoms with Gasteiger partial charge in [0, 0.05) is 22.7 Å². The number of nitrogens with zero attached hydrogens (tertiary/aromatic N) is 3. The average molecular weight is 593 g/mol. The first kappa shape index (κ1) is 26.2. The molecule has 7 nitrogen and oxygen atoms in total. The topological polar surface area (TPSA) is 64.1 Å². The molecule has 0 radical (unpaired) electrons. The molecule has 2 heterocycles. The quantitative estimate of drug-likeness (QED) is 0.441. The van der Waals surface area contributed by atoms with Crippen LogP contribution in [-0.4, -0.2) is 60.5 Å². The van der Waals surface area contributed by atoms with E-state index in [1.807, 2.05) is 34.7 Å². The SMILES string of the molecule is COc1ccc(COc2cc(I)cc(N3CCN(C(=O)OC(C)(C)C)C[C@@H]3C(F)(F)F)n2)cc1. The zero-order valence-corrected chi connectivity index (χ0v) is 21.5. The highest BCUT2D eigenvalue weighted by Gasteiger charge is 2.48. The molecule has 2 aromatic rings. The molecule has 1 amide bonds. The van der Waals surface area contributed by atoms with Crippen molar-refractivity contribution >= 4 is 34.5 Å². The van der Waals surface area contributed by atoms with Gasteiger partial charge in [0.15, 0.2) is 0 Å². The monoisotopic (exact) mass is 593 g/mol. The largest absolute Gasteiger partial charge is 0.497 e. The lowest BCUT2D eigenvalue weighted by atomic mass is 10.1. The molecule has 1 aliphatic heterocycles. The summed E-state index contributed by atoms with van der Waals surface area (Å²) in [4.78, 5) is 19.0. The third kappa shape index (κ3) is 7.03. The molecule has 0 unspecified atom stereocenters. The molecule has 34 heavy (non-hydrogen) atoms. The lowest BCUT2D eigenvalue weighted by Gasteiger charge is -2.42. The molecule has 0 spiro atoms. The highest BCUT2D eigenvalue weighted by Crippen LogP contribution is 2.33. The minimum atomic E-state index is -4.58. The molecule has 0 bridgehead atoms. The number of carbonyl (C=O) groups excluding carboxylic acids is 1. The lowest BCUT2D eigenvalue weighted by molar-refractivity contribution is -0.155. The Kier molecular flexibility index (Phi) is 8.04. The number of anilines is 1. The van der Waals surface area contributed by atoms with Crippen LogP contribution in [0, 0.1) is 3.57 Å². The molecule has 186 valence electrons. The molecule has 11 heteroatoms. The van der Waals surface area contributed by atoms with Crippen molar-refractivity contribution in [2.45, 2.75) is 45.2 Å². The van der Waals surface area contributed by atoms with E-state index in [-0.39, 0.29) is 31.4 Å². The molecule has 1 aliphatic rings. The van der Waals surface area contributed by atoms with Crippen molar-refractivity contribution in [3.05, 3.63) is 45.5 Å². The Balaban J connectivity index is 1.77. The van der Waals surface area contributed by atoms with E-state index in [4.69, 9.17) is 14.2 Å². The van der Waals surface area contributed by atoms with Gasteiger partial charge in [-0.1, -0.05) is 12.1 Å². The van der Waals surface area contributed by atoms with Gasteiger partial charge in [0.05, 0.1) is 13.7 Å². The Hall–Kier alpha value is -2.44. The Morgan fingerprint density at radius 3 is 2.41 bits per heavy atom. The predicted octanol–water partition coefficient (Wildman–Crippen LogP) is 5.26. The van der Waals surface area contributed by atoms with Gasteiger partial charge in [-0.15, -0.1) is 0 Å². The molecule has 0 saturated carbocycles. The number of hydrogen-bond acceptors (Lipinski definition) is 6. The van der Waals surface area contributed by atoms with Gasteiger partial charge in [-0.25, -0.2) is 4.79 Å². The van der Waals surface area contributed by atoms with Crippen LogP contribution in [0.3, 0.4) is 0 Å². The first-order chi connectivity index (χ1) is 15.9. The van der Waals surface area contributed by atoms with Gasteiger partial charge in [0.2, 0.25) is 5.88 Å². The second-order valence-corrected chi connectivity index (χ2v) is 10.0. The number of rotatable bonds is 5. The van der Waals surface area contributed by atoms with E-state index < -0.39 is 30.5 Å². The predicted molar refractivity (Wildman–Crippen MR) is 129 cm³/mol. The van der Waals surface area contributed by atoms with Gasteiger partial charge in [0.1, 0.15) is 29.8 Å². The summed E-state index contributed by atoms with van der Waals surface area (Å²) >= 11 is 2.02. The van der Waals surface area contributed by atoms with E-state index in [2.05, 4.69) is 4.98 Å². The van der Waals surface area contributed by atoms with Crippen molar-refractivity contribution in [2.24, 2.45) is 0 Å². The normalized spacial score (nSPS) is 16.9. The Labute approximate surface area is 210 Å². The second kappa shape index (κ2) is 10.4. The molecule has 0 aliphatic carbocycles. The summed E-state index contributed by atoms with van der Waals surface area (Å²) in [5.41, 5.74) is 0.0666. The number of aromatic nitrogens is 1. The Morgan fingerprint density at radius 2 is 1.82 bits per heavy atom. The van der Waals surface area contributed by atoms with E-state index in [0.29, 0.717) is 9.32 Å². The molecule has 3 rings (SSSR count). The number of alkyl halides is 3. The smallest absolute Gasteiger partial charge is 0.410 e. The van der Waals surface area contributed by atoms with E-state index in [0.717, 1.165) is 10.5 Å². The summed E-state index contributed by atoms with van der Waals surface area (Å²) < 4.78 is 58.8. The average Bonchev–Trinajstić information content (AvgIpc) is 2.75. The van der Waals surface area contributed by atoms with Crippen LogP contribution in [-0.2, 0) is 11.3 Å². The zero-order valence-electron chi connectivity index (χ0n) is 19.4. The number of amides is 1. The third-order valence-corrected chi connectivity index (χ3v) is 5.63. The molecule has 1 aromatic heterocycles. The Bertz CT molecular complexity index is 996. The van der Waals surface area contributed by atoms with Gasteiger partial charge in [-0.05, 0) is 67.1 Å². The highest BCUT2D eigenvalue weighted by molar-refractivity contribution is 14.1. The zero-order chi connectivity index (χ0) is 25.1. The molecule has 1 fully saturated rings. The van der Waals surface area contributed by atoms with Crippen LogP contribution >= 0.6 is 22.6 Å². The lowest BCUT2D eigenvalue weighted by Crippen LogP contribution is -2.61. The van der Waals surface area contributed by atoms with Crippen LogP contribution in [0.25, 0.3) is 0 Å². The van der Waals surface area contributed by atoms with Crippen LogP contribution in [0.15, 0.2) is 36.4 Å². The minimum Gasteiger partial charge on any atom is -0.497 e. The maximum absolute atomic E-state index is 14.0. The fourth-order valence-corrected chi connectivity index (χ4v) is 3.94. The number of pyridine rings is 1. The van der Waals surface area contributed by atoms with Crippen molar-refractivity contribution in [3.8, 4) is 11.6 Å². The number of ether oxygens (including phenoxy) is 3. The highest BCUT2D eigenvalue weighted by atomic mass is 127. The van der Waals surface area contributed by atoms with E-state index >= 15 is 0 Å². The Morgan fingerprint density at radius 1 is 1.15 bits per heavy atom. The summed E-state index contributed by atoms with van der Waals surface area (Å²) in [6.45, 7) is 4.70. The van der Waals surface area contributed by atoms with Crippen molar-refractivity contribution in [3.63, 3.8) is 0 Å². The molecule has 0 N–H and O–H groups in total. The fourth-order valence-electron chi connectivity index (χ4n) is 3.39. The summed E-state index contributed by atoms with van der Waals surface area (Å²) in [5, 5.41) is 0. The third-order valence-electron chi connectivity index (χ3n) is 5.00. The van der Waals surface area contributed by atoms with Crippen molar-refractivity contribution < 1.29 is 32.2 Å². The summed E-state index contributed by atoms with van der Waals surface area (Å²) in [7, 11) is 1.57. The van der Waals surface area contributed by atoms with E-state index in [1.54, 1.807) is 52.1 Å². The van der Waals surface area contributed by atoms with Gasteiger partial charge in [0.25, 0.3) is 0 Å². The molecule has 1 atom stereocenters. The van der Waals surface area contributed by atoms with Crippen LogP contribution in [0.2, 0.25) is 0 Å². The standard InChI is InChI=1S/C23H27F3IN3O4/c1-22(2,3)34-21(31)29-9-10-30(18(13-29)23(24,25)26)19-11-16(27)12-20(28-19)33-14-15-5-7-17(32-4)8-6-15/h5-8,11-12,18H,9-10,13-14H2,1-4H3/t18-/m1/s1. The number of hydrogen-bond donors (Lipinski definition) is 0. The second-order valence-electron chi connectivity index (χ2n) is 8.80. The maximum atomic E-state index is 14.0. The first-order valence-corrected chi connectivity index (χ1v) is 11.7. The fraction of sp³-hybridized carbons (Fsp3) is 0.478. The van der Waals surface area contributed by atoms with E-state index in [1.165, 1.54) is 4.90 Å². The summed E-state index contributed by atoms with van der Waals surface area (Å²) in [6.07, 6.45) is -5.34. The van der Waals surface area contributed by atoms with Gasteiger partial charge in [-0.3, -0.25) is 0 Å². The van der Waals surface area contributed by atoms with Gasteiger partial charge >= 0.3 is 12.3 Å². The number of carbonyl (C=O) groups is 1.